The Morgan fingerprint density at radius 3 is 2.38 bits per heavy atom. The first-order valence-corrected chi connectivity index (χ1v) is 4.55. The lowest BCUT2D eigenvalue weighted by molar-refractivity contribution is 1.00. The maximum Gasteiger partial charge on any atom is 0.0407 e. The summed E-state index contributed by atoms with van der Waals surface area (Å²) >= 11 is 0. The molecule has 0 aromatic rings. The van der Waals surface area contributed by atoms with Crippen LogP contribution in [0.3, 0.4) is 0 Å². The Labute approximate surface area is 81.5 Å². The van der Waals surface area contributed by atoms with E-state index in [0.29, 0.717) is 0 Å². The van der Waals surface area contributed by atoms with Gasteiger partial charge in [0.2, 0.25) is 0 Å². The molecule has 0 saturated carbocycles. The lowest BCUT2D eigenvalue weighted by Crippen LogP contribution is -2.07. The second-order valence-corrected chi connectivity index (χ2v) is 2.75. The summed E-state index contributed by atoms with van der Waals surface area (Å²) in [6.45, 7) is 11.8. The Morgan fingerprint density at radius 1 is 1.46 bits per heavy atom. The maximum absolute atomic E-state index is 3.89. The summed E-state index contributed by atoms with van der Waals surface area (Å²) in [6, 6.07) is 0. The molecule has 0 aliphatic heterocycles. The van der Waals surface area contributed by atoms with Crippen LogP contribution in [0.2, 0.25) is 0 Å². The molecule has 0 atom stereocenters. The SMILES string of the molecule is C=CC(=C)/C(=C\C(=C/C)CC)NC. The third kappa shape index (κ3) is 3.79. The molecule has 72 valence electrons. The molecule has 0 aromatic heterocycles. The van der Waals surface area contributed by atoms with E-state index in [9.17, 15) is 0 Å². The second-order valence-electron chi connectivity index (χ2n) is 2.75. The van der Waals surface area contributed by atoms with E-state index in [2.05, 4.69) is 37.6 Å². The van der Waals surface area contributed by atoms with Crippen molar-refractivity contribution in [2.75, 3.05) is 7.05 Å². The summed E-state index contributed by atoms with van der Waals surface area (Å²) in [6.07, 6.45) is 7.00. The number of hydrogen-bond donors (Lipinski definition) is 1. The van der Waals surface area contributed by atoms with Crippen LogP contribution in [0.15, 0.2) is 48.2 Å². The Morgan fingerprint density at radius 2 is 2.08 bits per heavy atom. The van der Waals surface area contributed by atoms with E-state index in [1.54, 1.807) is 6.08 Å². The number of likely N-dealkylation sites (N-methyl/N-ethyl adjacent to an activating group) is 1. The largest absolute Gasteiger partial charge is 0.388 e. The van der Waals surface area contributed by atoms with E-state index in [1.807, 2.05) is 14.0 Å². The molecular weight excluding hydrogens is 158 g/mol. The molecule has 0 amide bonds. The van der Waals surface area contributed by atoms with Gasteiger partial charge in [-0.15, -0.1) is 0 Å². The van der Waals surface area contributed by atoms with Gasteiger partial charge in [0.1, 0.15) is 0 Å². The number of nitrogens with one attached hydrogen (secondary N) is 1. The molecule has 0 radical (unpaired) electrons. The van der Waals surface area contributed by atoms with Crippen molar-refractivity contribution in [3.8, 4) is 0 Å². The van der Waals surface area contributed by atoms with E-state index in [1.165, 1.54) is 5.57 Å². The van der Waals surface area contributed by atoms with Crippen LogP contribution in [0.25, 0.3) is 0 Å². The van der Waals surface area contributed by atoms with Crippen molar-refractivity contribution in [1.29, 1.82) is 0 Å². The van der Waals surface area contributed by atoms with E-state index in [-0.39, 0.29) is 0 Å². The molecule has 0 fully saturated rings. The molecule has 1 heteroatoms. The van der Waals surface area contributed by atoms with Crippen LogP contribution >= 0.6 is 0 Å². The summed E-state index contributed by atoms with van der Waals surface area (Å²) in [5.41, 5.74) is 3.26. The molecular formula is C12H19N. The fraction of sp³-hybridized carbons (Fsp3) is 0.333. The van der Waals surface area contributed by atoms with E-state index >= 15 is 0 Å². The van der Waals surface area contributed by atoms with Crippen LogP contribution in [0.5, 0.6) is 0 Å². The predicted octanol–water partition coefficient (Wildman–Crippen LogP) is 3.19. The highest BCUT2D eigenvalue weighted by Gasteiger charge is 1.96. The minimum absolute atomic E-state index is 0.926. The van der Waals surface area contributed by atoms with Gasteiger partial charge in [0.05, 0.1) is 0 Å². The first-order chi connectivity index (χ1) is 6.19. The molecule has 0 aliphatic carbocycles. The van der Waals surface area contributed by atoms with Crippen molar-refractivity contribution >= 4 is 0 Å². The van der Waals surface area contributed by atoms with Gasteiger partial charge >= 0.3 is 0 Å². The van der Waals surface area contributed by atoms with E-state index in [0.717, 1.165) is 17.7 Å². The lowest BCUT2D eigenvalue weighted by Gasteiger charge is -2.07. The summed E-state index contributed by atoms with van der Waals surface area (Å²) in [5, 5.41) is 3.10. The van der Waals surface area contributed by atoms with Gasteiger partial charge in [0.25, 0.3) is 0 Å². The zero-order valence-electron chi connectivity index (χ0n) is 8.85. The van der Waals surface area contributed by atoms with E-state index in [4.69, 9.17) is 0 Å². The smallest absolute Gasteiger partial charge is 0.0407 e. The highest BCUT2D eigenvalue weighted by molar-refractivity contribution is 5.39. The molecule has 0 aliphatic rings. The van der Waals surface area contributed by atoms with Crippen molar-refractivity contribution in [3.05, 3.63) is 48.2 Å². The lowest BCUT2D eigenvalue weighted by atomic mass is 10.1. The molecule has 1 N–H and O–H groups in total. The predicted molar refractivity (Wildman–Crippen MR) is 60.5 cm³/mol. The van der Waals surface area contributed by atoms with Gasteiger partial charge < -0.3 is 5.32 Å². The van der Waals surface area contributed by atoms with Crippen LogP contribution < -0.4 is 5.32 Å². The Kier molecular flexibility index (Phi) is 5.69. The molecule has 0 heterocycles. The molecule has 0 rings (SSSR count). The third-order valence-electron chi connectivity index (χ3n) is 1.97. The van der Waals surface area contributed by atoms with Crippen molar-refractivity contribution in [1.82, 2.24) is 5.32 Å². The Hall–Kier alpha value is -1.24. The van der Waals surface area contributed by atoms with Crippen molar-refractivity contribution in [2.24, 2.45) is 0 Å². The minimum Gasteiger partial charge on any atom is -0.388 e. The second kappa shape index (κ2) is 6.30. The van der Waals surface area contributed by atoms with E-state index < -0.39 is 0 Å². The topological polar surface area (TPSA) is 12.0 Å². The highest BCUT2D eigenvalue weighted by atomic mass is 14.8. The normalized spacial score (nSPS) is 12.5. The zero-order chi connectivity index (χ0) is 10.3. The fourth-order valence-electron chi connectivity index (χ4n) is 1.01. The fourth-order valence-corrected chi connectivity index (χ4v) is 1.01. The van der Waals surface area contributed by atoms with Gasteiger partial charge in [0, 0.05) is 12.7 Å². The van der Waals surface area contributed by atoms with Gasteiger partial charge in [-0.1, -0.05) is 37.8 Å². The summed E-state index contributed by atoms with van der Waals surface area (Å²) < 4.78 is 0. The molecule has 0 unspecified atom stereocenters. The van der Waals surface area contributed by atoms with Crippen LogP contribution in [-0.2, 0) is 0 Å². The van der Waals surface area contributed by atoms with Crippen LogP contribution in [-0.4, -0.2) is 7.05 Å². The Bertz CT molecular complexity index is 244. The Balaban J connectivity index is 4.74. The van der Waals surface area contributed by atoms with Gasteiger partial charge in [-0.05, 0) is 25.0 Å². The molecule has 1 nitrogen and oxygen atoms in total. The monoisotopic (exact) mass is 177 g/mol. The van der Waals surface area contributed by atoms with Gasteiger partial charge in [-0.3, -0.25) is 0 Å². The molecule has 0 bridgehead atoms. The minimum atomic E-state index is 0.926. The molecule has 0 saturated heterocycles. The van der Waals surface area contributed by atoms with Gasteiger partial charge in [0.15, 0.2) is 0 Å². The highest BCUT2D eigenvalue weighted by Crippen LogP contribution is 2.10. The van der Waals surface area contributed by atoms with Crippen LogP contribution in [0, 0.1) is 0 Å². The van der Waals surface area contributed by atoms with Crippen LogP contribution in [0.4, 0.5) is 0 Å². The molecule has 13 heavy (non-hydrogen) atoms. The average molecular weight is 177 g/mol. The number of allylic oxidation sites excluding steroid dienone is 4. The quantitative estimate of drug-likeness (QED) is 0.636. The van der Waals surface area contributed by atoms with Crippen molar-refractivity contribution in [3.63, 3.8) is 0 Å². The standard InChI is InChI=1S/C12H19N/c1-6-10(4)12(13-5)9-11(7-2)8-3/h6-7,9,13H,1,4,8H2,2-3,5H3/b11-7-,12-9+. The van der Waals surface area contributed by atoms with Gasteiger partial charge in [-0.2, -0.15) is 0 Å². The van der Waals surface area contributed by atoms with Gasteiger partial charge in [-0.25, -0.2) is 0 Å². The maximum atomic E-state index is 3.89. The van der Waals surface area contributed by atoms with Crippen LogP contribution in [0.1, 0.15) is 20.3 Å². The molecule has 0 aromatic carbocycles. The number of hydrogen-bond acceptors (Lipinski definition) is 1. The van der Waals surface area contributed by atoms with Crippen molar-refractivity contribution in [2.45, 2.75) is 20.3 Å². The summed E-state index contributed by atoms with van der Waals surface area (Å²) in [5.74, 6) is 0. The third-order valence-corrected chi connectivity index (χ3v) is 1.97. The van der Waals surface area contributed by atoms with Crippen molar-refractivity contribution < 1.29 is 0 Å². The first-order valence-electron chi connectivity index (χ1n) is 4.55. The first kappa shape index (κ1) is 11.8. The summed E-state index contributed by atoms with van der Waals surface area (Å²) in [4.78, 5) is 0. The number of rotatable bonds is 5. The average Bonchev–Trinajstić information content (AvgIpc) is 2.19. The zero-order valence-corrected chi connectivity index (χ0v) is 8.85. The molecule has 0 spiro atoms. The summed E-state index contributed by atoms with van der Waals surface area (Å²) in [7, 11) is 1.89.